The summed E-state index contributed by atoms with van der Waals surface area (Å²) in [6, 6.07) is 6.40. The highest BCUT2D eigenvalue weighted by Crippen LogP contribution is 2.27. The molecule has 1 aromatic carbocycles. The number of methoxy groups -OCH3 is 1. The van der Waals surface area contributed by atoms with Crippen molar-refractivity contribution >= 4 is 10.9 Å². The fraction of sp³-hybridized carbons (Fsp3) is 0.467. The van der Waals surface area contributed by atoms with Crippen LogP contribution in [0.15, 0.2) is 24.4 Å². The van der Waals surface area contributed by atoms with Crippen LogP contribution in [0.5, 0.6) is 5.75 Å². The van der Waals surface area contributed by atoms with Gasteiger partial charge < -0.3 is 19.9 Å². The maximum atomic E-state index is 5.39. The molecule has 1 aromatic heterocycles. The maximum Gasteiger partial charge on any atom is 0.142 e. The van der Waals surface area contributed by atoms with Crippen molar-refractivity contribution < 1.29 is 4.74 Å². The molecule has 19 heavy (non-hydrogen) atoms. The molecule has 0 amide bonds. The lowest BCUT2D eigenvalue weighted by atomic mass is 10.1. The Labute approximate surface area is 113 Å². The highest BCUT2D eigenvalue weighted by atomic mass is 16.5. The van der Waals surface area contributed by atoms with E-state index in [1.54, 1.807) is 7.11 Å². The zero-order valence-corrected chi connectivity index (χ0v) is 11.4. The lowest BCUT2D eigenvalue weighted by molar-refractivity contribution is 0.244. The summed E-state index contributed by atoms with van der Waals surface area (Å²) in [5.74, 6) is 0.922. The van der Waals surface area contributed by atoms with Gasteiger partial charge in [-0.2, -0.15) is 0 Å². The van der Waals surface area contributed by atoms with Gasteiger partial charge in [0, 0.05) is 44.3 Å². The number of hydrogen-bond donors (Lipinski definition) is 2. The SMILES string of the molecule is COc1ccc(CCN2CCNCC2)c2cc[nH]c12. The fourth-order valence-corrected chi connectivity index (χ4v) is 2.79. The summed E-state index contributed by atoms with van der Waals surface area (Å²) < 4.78 is 5.39. The van der Waals surface area contributed by atoms with Gasteiger partial charge in [-0.15, -0.1) is 0 Å². The Morgan fingerprint density at radius 1 is 1.21 bits per heavy atom. The molecule has 2 heterocycles. The van der Waals surface area contributed by atoms with Crippen LogP contribution in [0.3, 0.4) is 0 Å². The number of aromatic nitrogens is 1. The van der Waals surface area contributed by atoms with Gasteiger partial charge in [0.05, 0.1) is 12.6 Å². The summed E-state index contributed by atoms with van der Waals surface area (Å²) >= 11 is 0. The van der Waals surface area contributed by atoms with Crippen molar-refractivity contribution in [3.05, 3.63) is 30.0 Å². The first-order valence-corrected chi connectivity index (χ1v) is 6.94. The molecular weight excluding hydrogens is 238 g/mol. The molecule has 2 aromatic rings. The van der Waals surface area contributed by atoms with Gasteiger partial charge in [0.15, 0.2) is 0 Å². The van der Waals surface area contributed by atoms with E-state index >= 15 is 0 Å². The van der Waals surface area contributed by atoms with Gasteiger partial charge in [0.2, 0.25) is 0 Å². The molecule has 1 saturated heterocycles. The molecular formula is C15H21N3O. The number of H-pyrrole nitrogens is 1. The summed E-state index contributed by atoms with van der Waals surface area (Å²) in [5, 5.41) is 4.68. The van der Waals surface area contributed by atoms with Gasteiger partial charge in [-0.1, -0.05) is 6.07 Å². The van der Waals surface area contributed by atoms with E-state index in [0.29, 0.717) is 0 Å². The van der Waals surface area contributed by atoms with E-state index < -0.39 is 0 Å². The van der Waals surface area contributed by atoms with Crippen molar-refractivity contribution in [2.24, 2.45) is 0 Å². The molecule has 4 nitrogen and oxygen atoms in total. The van der Waals surface area contributed by atoms with Crippen LogP contribution < -0.4 is 10.1 Å². The third-order valence-corrected chi connectivity index (χ3v) is 3.90. The van der Waals surface area contributed by atoms with Gasteiger partial charge in [-0.3, -0.25) is 0 Å². The first-order valence-electron chi connectivity index (χ1n) is 6.94. The molecule has 0 bridgehead atoms. The monoisotopic (exact) mass is 259 g/mol. The molecule has 1 aliphatic heterocycles. The molecule has 0 saturated carbocycles. The molecule has 102 valence electrons. The van der Waals surface area contributed by atoms with E-state index in [2.05, 4.69) is 33.4 Å². The van der Waals surface area contributed by atoms with Crippen molar-refractivity contribution in [2.45, 2.75) is 6.42 Å². The molecule has 0 spiro atoms. The molecule has 0 radical (unpaired) electrons. The summed E-state index contributed by atoms with van der Waals surface area (Å²) in [5.41, 5.74) is 2.51. The lowest BCUT2D eigenvalue weighted by Crippen LogP contribution is -2.44. The third kappa shape index (κ3) is 2.60. The maximum absolute atomic E-state index is 5.39. The van der Waals surface area contributed by atoms with Gasteiger partial charge in [0.25, 0.3) is 0 Å². The zero-order chi connectivity index (χ0) is 13.1. The molecule has 0 unspecified atom stereocenters. The average molecular weight is 259 g/mol. The van der Waals surface area contributed by atoms with E-state index in [9.17, 15) is 0 Å². The topological polar surface area (TPSA) is 40.3 Å². The highest BCUT2D eigenvalue weighted by Gasteiger charge is 2.11. The summed E-state index contributed by atoms with van der Waals surface area (Å²) in [6.07, 6.45) is 3.08. The van der Waals surface area contributed by atoms with Gasteiger partial charge in [-0.25, -0.2) is 0 Å². The number of nitrogens with zero attached hydrogens (tertiary/aromatic N) is 1. The highest BCUT2D eigenvalue weighted by molar-refractivity contribution is 5.88. The van der Waals surface area contributed by atoms with E-state index in [1.165, 1.54) is 10.9 Å². The smallest absolute Gasteiger partial charge is 0.142 e. The predicted molar refractivity (Wildman–Crippen MR) is 77.9 cm³/mol. The molecule has 4 heteroatoms. The predicted octanol–water partition coefficient (Wildman–Crippen LogP) is 1.62. The fourth-order valence-electron chi connectivity index (χ4n) is 2.79. The van der Waals surface area contributed by atoms with Crippen molar-refractivity contribution in [1.29, 1.82) is 0 Å². The Bertz CT molecular complexity index is 543. The second kappa shape index (κ2) is 5.63. The molecule has 0 atom stereocenters. The minimum Gasteiger partial charge on any atom is -0.495 e. The minimum absolute atomic E-state index is 0.922. The van der Waals surface area contributed by atoms with Crippen molar-refractivity contribution in [3.8, 4) is 5.75 Å². The van der Waals surface area contributed by atoms with Gasteiger partial charge in [-0.05, 0) is 24.1 Å². The van der Waals surface area contributed by atoms with E-state index in [4.69, 9.17) is 4.74 Å². The quantitative estimate of drug-likeness (QED) is 0.876. The van der Waals surface area contributed by atoms with E-state index in [-0.39, 0.29) is 0 Å². The number of aromatic amines is 1. The van der Waals surface area contributed by atoms with Crippen LogP contribution in [0, 0.1) is 0 Å². The van der Waals surface area contributed by atoms with Crippen molar-refractivity contribution in [3.63, 3.8) is 0 Å². The van der Waals surface area contributed by atoms with E-state index in [0.717, 1.165) is 50.4 Å². The molecule has 1 fully saturated rings. The van der Waals surface area contributed by atoms with Crippen LogP contribution in [0.4, 0.5) is 0 Å². The van der Waals surface area contributed by atoms with E-state index in [1.807, 2.05) is 6.20 Å². The Morgan fingerprint density at radius 2 is 2.05 bits per heavy atom. The number of benzene rings is 1. The Kier molecular flexibility index (Phi) is 3.71. The van der Waals surface area contributed by atoms with Gasteiger partial charge >= 0.3 is 0 Å². The first-order chi connectivity index (χ1) is 9.38. The van der Waals surface area contributed by atoms with Crippen LogP contribution in [-0.4, -0.2) is 49.7 Å². The standard InChI is InChI=1S/C15H21N3O/c1-19-14-3-2-12(13-4-6-17-15(13)14)5-9-18-10-7-16-8-11-18/h2-4,6,16-17H,5,7-11H2,1H3. The Morgan fingerprint density at radius 3 is 2.84 bits per heavy atom. The molecule has 0 aliphatic carbocycles. The second-order valence-corrected chi connectivity index (χ2v) is 5.03. The number of ether oxygens (including phenoxy) is 1. The number of piperazine rings is 1. The average Bonchev–Trinajstić information content (AvgIpc) is 2.95. The number of hydrogen-bond acceptors (Lipinski definition) is 3. The number of fused-ring (bicyclic) bond motifs is 1. The largest absolute Gasteiger partial charge is 0.495 e. The summed E-state index contributed by atoms with van der Waals surface area (Å²) in [6.45, 7) is 5.68. The number of rotatable bonds is 4. The van der Waals surface area contributed by atoms with Crippen LogP contribution >= 0.6 is 0 Å². The van der Waals surface area contributed by atoms with Crippen LogP contribution in [0.25, 0.3) is 10.9 Å². The van der Waals surface area contributed by atoms with Crippen molar-refractivity contribution in [1.82, 2.24) is 15.2 Å². The first kappa shape index (κ1) is 12.5. The second-order valence-electron chi connectivity index (χ2n) is 5.03. The molecule has 3 rings (SSSR count). The normalized spacial score (nSPS) is 16.9. The van der Waals surface area contributed by atoms with Crippen LogP contribution in [-0.2, 0) is 6.42 Å². The molecule has 1 aliphatic rings. The number of nitrogens with one attached hydrogen (secondary N) is 2. The summed E-state index contributed by atoms with van der Waals surface area (Å²) in [4.78, 5) is 5.80. The molecule has 2 N–H and O–H groups in total. The third-order valence-electron chi connectivity index (χ3n) is 3.90. The summed E-state index contributed by atoms with van der Waals surface area (Å²) in [7, 11) is 1.72. The zero-order valence-electron chi connectivity index (χ0n) is 11.4. The van der Waals surface area contributed by atoms with Crippen molar-refractivity contribution in [2.75, 3.05) is 39.8 Å². The minimum atomic E-state index is 0.922. The Balaban J connectivity index is 1.75. The van der Waals surface area contributed by atoms with Crippen LogP contribution in [0.1, 0.15) is 5.56 Å². The lowest BCUT2D eigenvalue weighted by Gasteiger charge is -2.27. The Hall–Kier alpha value is -1.52. The van der Waals surface area contributed by atoms with Crippen LogP contribution in [0.2, 0.25) is 0 Å². The van der Waals surface area contributed by atoms with Gasteiger partial charge in [0.1, 0.15) is 5.75 Å².